The van der Waals surface area contributed by atoms with Gasteiger partial charge in [-0.2, -0.15) is 0 Å². The maximum Gasteiger partial charge on any atom is 0.0544 e. The first kappa shape index (κ1) is 50.9. The van der Waals surface area contributed by atoms with E-state index in [1.165, 1.54) is 66.1 Å². The molecule has 14 aromatic carbocycles. The van der Waals surface area contributed by atoms with Crippen LogP contribution in [0.15, 0.2) is 328 Å². The molecule has 0 spiro atoms. The van der Waals surface area contributed by atoms with Gasteiger partial charge >= 0.3 is 0 Å². The minimum atomic E-state index is -0.656. The van der Waals surface area contributed by atoms with Crippen molar-refractivity contribution in [2.45, 2.75) is 24.7 Å². The first-order valence-electron chi connectivity index (χ1n) is 30.0. The maximum atomic E-state index is 2.60. The van der Waals surface area contributed by atoms with Gasteiger partial charge in [-0.25, -0.2) is 0 Å². The number of fused-ring (bicyclic) bond motifs is 10. The normalized spacial score (nSPS) is 15.4. The minimum Gasteiger partial charge on any atom is -0.309 e. The second kappa shape index (κ2) is 20.5. The lowest BCUT2D eigenvalue weighted by Gasteiger charge is -2.46. The number of benzene rings is 14. The molecule has 0 fully saturated rings. The molecule has 0 amide bonds. The topological polar surface area (TPSA) is 6.48 Å². The zero-order valence-corrected chi connectivity index (χ0v) is 48.1. The fourth-order valence-electron chi connectivity index (χ4n) is 15.0. The molecule has 2 aliphatic carbocycles. The van der Waals surface area contributed by atoms with Gasteiger partial charge in [0, 0.05) is 43.9 Å². The van der Waals surface area contributed by atoms with Gasteiger partial charge in [0.1, 0.15) is 0 Å². The summed E-state index contributed by atoms with van der Waals surface area (Å²) in [7, 11) is 0. The van der Waals surface area contributed by atoms with Crippen molar-refractivity contribution in [3.63, 3.8) is 0 Å². The van der Waals surface area contributed by atoms with Crippen molar-refractivity contribution in [1.82, 2.24) is 0 Å². The Morgan fingerprint density at radius 3 is 0.733 bits per heavy atom. The summed E-state index contributed by atoms with van der Waals surface area (Å²) in [4.78, 5) is 5.15. The number of anilines is 6. The molecule has 0 radical (unpaired) electrons. The fraction of sp³-hybridized carbons (Fsp3) is 0.0476. The minimum absolute atomic E-state index is 0.656. The van der Waals surface area contributed by atoms with E-state index in [9.17, 15) is 0 Å². The molecule has 0 bridgehead atoms. The van der Waals surface area contributed by atoms with E-state index in [0.29, 0.717) is 0 Å². The van der Waals surface area contributed by atoms with Crippen LogP contribution in [0.1, 0.15) is 36.1 Å². The fourth-order valence-corrected chi connectivity index (χ4v) is 15.0. The van der Waals surface area contributed by atoms with Gasteiger partial charge in [-0.3, -0.25) is 0 Å². The maximum absolute atomic E-state index is 2.60. The summed E-state index contributed by atoms with van der Waals surface area (Å²) in [5, 5.41) is 4.83. The molecule has 2 unspecified atom stereocenters. The summed E-state index contributed by atoms with van der Waals surface area (Å²) in [6.45, 7) is 5.15. The number of rotatable bonds is 11. The molecule has 2 atom stereocenters. The lowest BCUT2D eigenvalue weighted by molar-refractivity contribution is 0.376. The van der Waals surface area contributed by atoms with Crippen LogP contribution in [-0.4, -0.2) is 0 Å². The van der Waals surface area contributed by atoms with E-state index >= 15 is 0 Å². The molecule has 0 aliphatic heterocycles. The predicted octanol–water partition coefficient (Wildman–Crippen LogP) is 22.9. The van der Waals surface area contributed by atoms with Gasteiger partial charge in [-0.05, 0) is 114 Å². The summed E-state index contributed by atoms with van der Waals surface area (Å²) in [5.74, 6) is 0. The monoisotopic (exact) mass is 1100 g/mol. The summed E-state index contributed by atoms with van der Waals surface area (Å²) in [6, 6.07) is 122. The van der Waals surface area contributed by atoms with Crippen molar-refractivity contribution in [3.8, 4) is 66.8 Å². The standard InChI is InChI=1S/C84H60N2/c1-83(71-49-25-19-47-69(71)81-67-45-17-15-43-65(67)79(55-73(81)83)85(75-51-27-21-39-61(75)57-31-7-3-8-32-57)76-52-28-22-40-62(76)58-33-9-4-10-34-58)84(2)72-50-26-20-48-70(72)82-68-46-18-16-44-66(68)80(56-74(82)84)86(77-53-29-23-41-63(77)59-35-11-5-12-36-59)78-54-30-24-42-64(78)60-37-13-6-14-38-60/h3-56H,1-2H3. The molecule has 406 valence electrons. The molecule has 0 heterocycles. The highest BCUT2D eigenvalue weighted by Gasteiger charge is 2.58. The Morgan fingerprint density at radius 1 is 0.198 bits per heavy atom. The largest absolute Gasteiger partial charge is 0.309 e. The van der Waals surface area contributed by atoms with E-state index in [2.05, 4.69) is 351 Å². The van der Waals surface area contributed by atoms with Crippen LogP contribution >= 0.6 is 0 Å². The lowest BCUT2D eigenvalue weighted by Crippen LogP contribution is -2.44. The van der Waals surface area contributed by atoms with E-state index in [1.807, 2.05) is 0 Å². The third-order valence-electron chi connectivity index (χ3n) is 19.0. The zero-order valence-electron chi connectivity index (χ0n) is 48.1. The second-order valence-corrected chi connectivity index (χ2v) is 23.3. The highest BCUT2D eigenvalue weighted by Crippen LogP contribution is 2.68. The first-order chi connectivity index (χ1) is 42.5. The van der Waals surface area contributed by atoms with Gasteiger partial charge in [-0.1, -0.05) is 305 Å². The Hall–Kier alpha value is -10.8. The Balaban J connectivity index is 1.02. The molecule has 0 aromatic heterocycles. The molecule has 2 heteroatoms. The summed E-state index contributed by atoms with van der Waals surface area (Å²) >= 11 is 0. The van der Waals surface area contributed by atoms with Crippen LogP contribution in [0.4, 0.5) is 34.1 Å². The molecule has 0 saturated heterocycles. The summed E-state index contributed by atoms with van der Waals surface area (Å²) in [5.41, 5.74) is 25.0. The summed E-state index contributed by atoms with van der Waals surface area (Å²) < 4.78 is 0. The van der Waals surface area contributed by atoms with Crippen LogP contribution in [0.2, 0.25) is 0 Å². The van der Waals surface area contributed by atoms with Gasteiger partial charge in [0.2, 0.25) is 0 Å². The predicted molar refractivity (Wildman–Crippen MR) is 363 cm³/mol. The zero-order chi connectivity index (χ0) is 57.3. The number of para-hydroxylation sites is 4. The quantitative estimate of drug-likeness (QED) is 0.127. The van der Waals surface area contributed by atoms with Crippen LogP contribution in [-0.2, 0) is 10.8 Å². The van der Waals surface area contributed by atoms with E-state index < -0.39 is 10.8 Å². The average Bonchev–Trinajstić information content (AvgIpc) is 1.69. The van der Waals surface area contributed by atoms with Crippen molar-refractivity contribution in [2.24, 2.45) is 0 Å². The lowest BCUT2D eigenvalue weighted by atomic mass is 9.56. The average molecular weight is 1100 g/mol. The number of hydrogen-bond donors (Lipinski definition) is 0. The molecule has 2 nitrogen and oxygen atoms in total. The van der Waals surface area contributed by atoms with E-state index in [-0.39, 0.29) is 0 Å². The molecule has 0 saturated carbocycles. The molecule has 14 aromatic rings. The van der Waals surface area contributed by atoms with E-state index in [4.69, 9.17) is 0 Å². The molecule has 2 aliphatic rings. The van der Waals surface area contributed by atoms with Crippen LogP contribution in [0.25, 0.3) is 88.3 Å². The van der Waals surface area contributed by atoms with Gasteiger partial charge < -0.3 is 9.80 Å². The van der Waals surface area contributed by atoms with Gasteiger partial charge in [-0.15, -0.1) is 0 Å². The van der Waals surface area contributed by atoms with Crippen molar-refractivity contribution in [3.05, 3.63) is 350 Å². The van der Waals surface area contributed by atoms with Crippen LogP contribution in [0, 0.1) is 0 Å². The molecule has 86 heavy (non-hydrogen) atoms. The van der Waals surface area contributed by atoms with Gasteiger partial charge in [0.15, 0.2) is 0 Å². The van der Waals surface area contributed by atoms with Crippen molar-refractivity contribution in [1.29, 1.82) is 0 Å². The van der Waals surface area contributed by atoms with Crippen molar-refractivity contribution in [2.75, 3.05) is 9.80 Å². The number of hydrogen-bond acceptors (Lipinski definition) is 2. The highest BCUT2D eigenvalue weighted by molar-refractivity contribution is 6.15. The SMILES string of the molecule is CC1(C2(C)c3ccccc3-c3c2cc(N(c2ccccc2-c2ccccc2)c2ccccc2-c2ccccc2)c2ccccc32)c2ccccc2-c2c1cc(N(c1ccccc1-c1ccccc1)c1ccccc1-c1ccccc1)c1ccccc21. The third kappa shape index (κ3) is 7.73. The van der Waals surface area contributed by atoms with Gasteiger partial charge in [0.25, 0.3) is 0 Å². The molecular weight excluding hydrogens is 1040 g/mol. The first-order valence-corrected chi connectivity index (χ1v) is 30.0. The van der Waals surface area contributed by atoms with Crippen LogP contribution in [0.3, 0.4) is 0 Å². The Bertz CT molecular complexity index is 4440. The van der Waals surface area contributed by atoms with E-state index in [1.54, 1.807) is 0 Å². The van der Waals surface area contributed by atoms with E-state index in [0.717, 1.165) is 78.6 Å². The number of nitrogens with zero attached hydrogens (tertiary/aromatic N) is 2. The highest BCUT2D eigenvalue weighted by atomic mass is 15.2. The molecule has 16 rings (SSSR count). The molecule has 0 N–H and O–H groups in total. The third-order valence-corrected chi connectivity index (χ3v) is 19.0. The van der Waals surface area contributed by atoms with Crippen LogP contribution in [0.5, 0.6) is 0 Å². The van der Waals surface area contributed by atoms with Crippen molar-refractivity contribution < 1.29 is 0 Å². The second-order valence-electron chi connectivity index (χ2n) is 23.3. The van der Waals surface area contributed by atoms with Gasteiger partial charge in [0.05, 0.1) is 34.1 Å². The summed E-state index contributed by atoms with van der Waals surface area (Å²) in [6.07, 6.45) is 0. The smallest absolute Gasteiger partial charge is 0.0544 e. The molecular formula is C84H60N2. The van der Waals surface area contributed by atoms with Crippen molar-refractivity contribution >= 4 is 55.7 Å². The Labute approximate surface area is 503 Å². The Kier molecular flexibility index (Phi) is 12.1. The van der Waals surface area contributed by atoms with Crippen LogP contribution < -0.4 is 9.80 Å². The Morgan fingerprint density at radius 2 is 0.430 bits per heavy atom.